The molecule has 1 atom stereocenters. The number of hydrogen-bond acceptors (Lipinski definition) is 8. The van der Waals surface area contributed by atoms with Crippen LogP contribution in [0.3, 0.4) is 0 Å². The Bertz CT molecular complexity index is 1520. The quantitative estimate of drug-likeness (QED) is 0.157. The van der Waals surface area contributed by atoms with Crippen LogP contribution in [0.4, 0.5) is 5.69 Å². The summed E-state index contributed by atoms with van der Waals surface area (Å²) >= 11 is 3.41. The largest absolute Gasteiger partial charge is 0.493 e. The van der Waals surface area contributed by atoms with Crippen LogP contribution in [0.1, 0.15) is 37.6 Å². The van der Waals surface area contributed by atoms with E-state index in [9.17, 15) is 14.9 Å². The molecular formula is C25H22BrN5O5. The minimum Gasteiger partial charge on any atom is -0.493 e. The van der Waals surface area contributed by atoms with Gasteiger partial charge in [-0.15, -0.1) is 0 Å². The average Bonchev–Trinajstić information content (AvgIpc) is 2.88. The first kappa shape index (κ1) is 25.0. The van der Waals surface area contributed by atoms with Crippen molar-refractivity contribution in [3.63, 3.8) is 0 Å². The van der Waals surface area contributed by atoms with Gasteiger partial charge in [-0.2, -0.15) is 9.78 Å². The maximum absolute atomic E-state index is 13.3. The number of nitro groups is 1. The van der Waals surface area contributed by atoms with Crippen molar-refractivity contribution in [1.82, 2.24) is 14.6 Å². The van der Waals surface area contributed by atoms with Gasteiger partial charge in [0.05, 0.1) is 29.2 Å². The van der Waals surface area contributed by atoms with E-state index in [1.165, 1.54) is 23.9 Å². The van der Waals surface area contributed by atoms with Crippen molar-refractivity contribution in [2.24, 2.45) is 5.10 Å². The second-order valence-electron chi connectivity index (χ2n) is 7.93. The van der Waals surface area contributed by atoms with Gasteiger partial charge in [-0.3, -0.25) is 14.9 Å². The van der Waals surface area contributed by atoms with Gasteiger partial charge in [-0.1, -0.05) is 29.8 Å². The number of halogens is 1. The lowest BCUT2D eigenvalue weighted by Crippen LogP contribution is -2.23. The van der Waals surface area contributed by atoms with Crippen molar-refractivity contribution in [1.29, 1.82) is 0 Å². The summed E-state index contributed by atoms with van der Waals surface area (Å²) in [6, 6.07) is 13.2. The first-order chi connectivity index (χ1) is 17.3. The number of fused-ring (bicyclic) bond motifs is 1. The third-order valence-corrected chi connectivity index (χ3v) is 6.04. The molecule has 0 saturated heterocycles. The summed E-state index contributed by atoms with van der Waals surface area (Å²) in [6.45, 7) is 4.03. The highest BCUT2D eigenvalue weighted by Crippen LogP contribution is 2.31. The van der Waals surface area contributed by atoms with Crippen molar-refractivity contribution >= 4 is 38.7 Å². The molecule has 0 aliphatic carbocycles. The van der Waals surface area contributed by atoms with Gasteiger partial charge in [0.25, 0.3) is 11.2 Å². The Morgan fingerprint density at radius 3 is 2.67 bits per heavy atom. The number of methoxy groups -OCH3 is 1. The number of rotatable bonds is 8. The van der Waals surface area contributed by atoms with Crippen molar-refractivity contribution in [2.75, 3.05) is 7.11 Å². The van der Waals surface area contributed by atoms with Crippen LogP contribution in [-0.2, 0) is 0 Å². The minimum absolute atomic E-state index is 0.0161. The molecule has 0 amide bonds. The Morgan fingerprint density at radius 1 is 1.19 bits per heavy atom. The van der Waals surface area contributed by atoms with Crippen molar-refractivity contribution in [3.05, 3.63) is 91.1 Å². The van der Waals surface area contributed by atoms with Crippen molar-refractivity contribution in [3.8, 4) is 17.4 Å². The molecule has 4 aromatic rings. The SMILES string of the molecule is CC[C@@H](C)c1nc2ccc(Br)cc2c(=O)n1N=Cc1ccc(Oc2ccc([N+](=O)[O-])cn2)c(OC)c1. The standard InChI is InChI=1S/C25H22BrN5O5/c1-4-15(2)24-29-20-8-6-17(26)12-19(20)25(32)30(24)28-13-16-5-9-21(22(11-16)35-3)36-23-10-7-18(14-27-23)31(33)34/h5-15H,4H2,1-3H3/t15-/m1/s1. The number of benzene rings is 2. The van der Waals surface area contributed by atoms with Gasteiger partial charge >= 0.3 is 0 Å². The molecule has 0 fully saturated rings. The van der Waals surface area contributed by atoms with E-state index in [-0.39, 0.29) is 23.0 Å². The Labute approximate surface area is 214 Å². The monoisotopic (exact) mass is 551 g/mol. The molecule has 2 aromatic heterocycles. The van der Waals surface area contributed by atoms with E-state index in [2.05, 4.69) is 26.0 Å². The van der Waals surface area contributed by atoms with Crippen LogP contribution in [-0.4, -0.2) is 32.9 Å². The Balaban J connectivity index is 1.68. The Kier molecular flexibility index (Phi) is 7.39. The van der Waals surface area contributed by atoms with Crippen molar-refractivity contribution in [2.45, 2.75) is 26.2 Å². The summed E-state index contributed by atoms with van der Waals surface area (Å²) in [5, 5.41) is 15.7. The van der Waals surface area contributed by atoms with Crippen LogP contribution in [0.2, 0.25) is 0 Å². The van der Waals surface area contributed by atoms with Crippen LogP contribution >= 0.6 is 15.9 Å². The van der Waals surface area contributed by atoms with Gasteiger partial charge < -0.3 is 9.47 Å². The zero-order chi connectivity index (χ0) is 25.8. The summed E-state index contributed by atoms with van der Waals surface area (Å²) in [4.78, 5) is 32.2. The van der Waals surface area contributed by atoms with Crippen LogP contribution in [0, 0.1) is 10.1 Å². The van der Waals surface area contributed by atoms with E-state index in [0.29, 0.717) is 33.8 Å². The summed E-state index contributed by atoms with van der Waals surface area (Å²) in [5.41, 5.74) is 0.882. The predicted molar refractivity (Wildman–Crippen MR) is 139 cm³/mol. The van der Waals surface area contributed by atoms with Gasteiger partial charge in [0.2, 0.25) is 5.88 Å². The topological polar surface area (TPSA) is 122 Å². The molecule has 0 spiro atoms. The third kappa shape index (κ3) is 5.25. The Morgan fingerprint density at radius 2 is 2.00 bits per heavy atom. The molecule has 2 aromatic carbocycles. The van der Waals surface area contributed by atoms with Gasteiger partial charge in [0, 0.05) is 22.5 Å². The third-order valence-electron chi connectivity index (χ3n) is 5.54. The van der Waals surface area contributed by atoms with Gasteiger partial charge in [-0.05, 0) is 48.4 Å². The Hall–Kier alpha value is -4.12. The molecule has 184 valence electrons. The molecule has 36 heavy (non-hydrogen) atoms. The lowest BCUT2D eigenvalue weighted by Gasteiger charge is -2.14. The maximum Gasteiger partial charge on any atom is 0.287 e. The molecule has 0 unspecified atom stereocenters. The number of pyridine rings is 1. The predicted octanol–water partition coefficient (Wildman–Crippen LogP) is 5.66. The molecule has 0 aliphatic rings. The van der Waals surface area contributed by atoms with E-state index in [1.54, 1.807) is 30.5 Å². The molecule has 4 rings (SSSR count). The first-order valence-corrected chi connectivity index (χ1v) is 11.8. The van der Waals surface area contributed by atoms with E-state index in [4.69, 9.17) is 14.5 Å². The second kappa shape index (κ2) is 10.6. The smallest absolute Gasteiger partial charge is 0.287 e. The zero-order valence-electron chi connectivity index (χ0n) is 19.7. The van der Waals surface area contributed by atoms with Crippen LogP contribution in [0.25, 0.3) is 10.9 Å². The summed E-state index contributed by atoms with van der Waals surface area (Å²) in [5.74, 6) is 1.53. The molecule has 10 nitrogen and oxygen atoms in total. The van der Waals surface area contributed by atoms with Gasteiger partial charge in [0.1, 0.15) is 12.0 Å². The van der Waals surface area contributed by atoms with E-state index in [0.717, 1.165) is 17.1 Å². The minimum atomic E-state index is -0.534. The summed E-state index contributed by atoms with van der Waals surface area (Å²) in [7, 11) is 1.49. The molecule has 0 saturated carbocycles. The zero-order valence-corrected chi connectivity index (χ0v) is 21.3. The molecule has 0 radical (unpaired) electrons. The highest BCUT2D eigenvalue weighted by Gasteiger charge is 2.16. The van der Waals surface area contributed by atoms with Gasteiger partial charge in [-0.25, -0.2) is 9.97 Å². The van der Waals surface area contributed by atoms with Crippen molar-refractivity contribution < 1.29 is 14.4 Å². The first-order valence-electron chi connectivity index (χ1n) is 11.0. The number of nitrogens with zero attached hydrogens (tertiary/aromatic N) is 5. The van der Waals surface area contributed by atoms with Crippen LogP contribution < -0.4 is 15.0 Å². The fourth-order valence-electron chi connectivity index (χ4n) is 3.41. The fourth-order valence-corrected chi connectivity index (χ4v) is 3.77. The normalized spacial score (nSPS) is 12.1. The van der Waals surface area contributed by atoms with Crippen LogP contribution in [0.5, 0.6) is 17.4 Å². The molecule has 2 heterocycles. The number of hydrogen-bond donors (Lipinski definition) is 0. The average molecular weight is 552 g/mol. The molecule has 0 N–H and O–H groups in total. The molecule has 0 aliphatic heterocycles. The number of ether oxygens (including phenoxy) is 2. The fraction of sp³-hybridized carbons (Fsp3) is 0.200. The lowest BCUT2D eigenvalue weighted by molar-refractivity contribution is -0.385. The van der Waals surface area contributed by atoms with Crippen LogP contribution in [0.15, 0.2) is 69.1 Å². The van der Waals surface area contributed by atoms with Gasteiger partial charge in [0.15, 0.2) is 11.5 Å². The highest BCUT2D eigenvalue weighted by atomic mass is 79.9. The summed E-state index contributed by atoms with van der Waals surface area (Å²) < 4.78 is 13.3. The summed E-state index contributed by atoms with van der Waals surface area (Å²) in [6.07, 6.45) is 3.46. The molecular weight excluding hydrogens is 530 g/mol. The lowest BCUT2D eigenvalue weighted by atomic mass is 10.1. The number of aromatic nitrogens is 3. The molecule has 0 bridgehead atoms. The van der Waals surface area contributed by atoms with E-state index < -0.39 is 4.92 Å². The molecule has 11 heteroatoms. The second-order valence-corrected chi connectivity index (χ2v) is 8.84. The van der Waals surface area contributed by atoms with E-state index in [1.807, 2.05) is 26.0 Å². The highest BCUT2D eigenvalue weighted by molar-refractivity contribution is 9.10. The maximum atomic E-state index is 13.3. The van der Waals surface area contributed by atoms with E-state index >= 15 is 0 Å².